The fraction of sp³-hybridized carbons (Fsp3) is 0.600. The zero-order valence-corrected chi connectivity index (χ0v) is 18.4. The number of esters is 1. The van der Waals surface area contributed by atoms with E-state index in [1.54, 1.807) is 32.1 Å². The van der Waals surface area contributed by atoms with Crippen molar-refractivity contribution in [3.8, 4) is 0 Å². The van der Waals surface area contributed by atoms with Gasteiger partial charge in [0.15, 0.2) is 17.7 Å². The highest BCUT2D eigenvalue weighted by molar-refractivity contribution is 6.30. The summed E-state index contributed by atoms with van der Waals surface area (Å²) in [7, 11) is 0. The number of halogens is 1. The zero-order valence-electron chi connectivity index (χ0n) is 18.4. The molecule has 0 aromatic carbocycles. The number of hydrogen-bond donors (Lipinski definition) is 0. The SMILES string of the molecule is CCC(=O)O[C@@]1(C(=O)C=O)[C@H](C)C[C@H]2[C@@H]3CCC4=CC(=O)C=C[C@]4(C)[C@@]3(F)C=C[C@@]21C. The van der Waals surface area contributed by atoms with Gasteiger partial charge < -0.3 is 4.74 Å². The van der Waals surface area contributed by atoms with Crippen LogP contribution in [-0.2, 0) is 23.9 Å². The van der Waals surface area contributed by atoms with Crippen molar-refractivity contribution in [2.24, 2.45) is 28.6 Å². The van der Waals surface area contributed by atoms with Crippen molar-refractivity contribution in [1.82, 2.24) is 0 Å². The maximum absolute atomic E-state index is 16.9. The molecule has 0 aromatic rings. The lowest BCUT2D eigenvalue weighted by Crippen LogP contribution is -2.62. The van der Waals surface area contributed by atoms with Gasteiger partial charge in [-0.05, 0) is 50.3 Å². The molecule has 0 N–H and O–H groups in total. The number of fused-ring (bicyclic) bond motifs is 5. The summed E-state index contributed by atoms with van der Waals surface area (Å²) in [5.41, 5.74) is -4.55. The summed E-state index contributed by atoms with van der Waals surface area (Å²) < 4.78 is 22.7. The highest BCUT2D eigenvalue weighted by Gasteiger charge is 2.73. The smallest absolute Gasteiger partial charge is 0.306 e. The molecule has 0 aromatic heterocycles. The maximum atomic E-state index is 16.9. The van der Waals surface area contributed by atoms with Crippen molar-refractivity contribution in [3.05, 3.63) is 36.0 Å². The molecular weight excluding hydrogens is 399 g/mol. The lowest BCUT2D eigenvalue weighted by Gasteiger charge is -2.58. The van der Waals surface area contributed by atoms with E-state index in [4.69, 9.17) is 4.74 Å². The fourth-order valence-corrected chi connectivity index (χ4v) is 6.96. The summed E-state index contributed by atoms with van der Waals surface area (Å²) in [6.07, 6.45) is 9.68. The molecule has 0 saturated heterocycles. The molecule has 0 radical (unpaired) electrons. The first-order chi connectivity index (χ1) is 14.5. The Morgan fingerprint density at radius 1 is 1.23 bits per heavy atom. The molecule has 2 saturated carbocycles. The fourth-order valence-electron chi connectivity index (χ4n) is 6.96. The zero-order chi connectivity index (χ0) is 22.8. The molecule has 4 aliphatic rings. The Kier molecular flexibility index (Phi) is 4.80. The highest BCUT2D eigenvalue weighted by Crippen LogP contribution is 2.69. The first-order valence-corrected chi connectivity index (χ1v) is 11.0. The summed E-state index contributed by atoms with van der Waals surface area (Å²) in [4.78, 5) is 48.9. The lowest BCUT2D eigenvalue weighted by molar-refractivity contribution is -0.185. The van der Waals surface area contributed by atoms with E-state index < -0.39 is 45.7 Å². The Hall–Kier alpha value is -2.37. The minimum Gasteiger partial charge on any atom is -0.449 e. The molecule has 0 heterocycles. The van der Waals surface area contributed by atoms with Crippen LogP contribution in [0.2, 0.25) is 0 Å². The monoisotopic (exact) mass is 428 g/mol. The predicted molar refractivity (Wildman–Crippen MR) is 112 cm³/mol. The molecule has 0 bridgehead atoms. The van der Waals surface area contributed by atoms with Crippen molar-refractivity contribution in [2.45, 2.75) is 64.6 Å². The van der Waals surface area contributed by atoms with Crippen LogP contribution in [-0.4, -0.2) is 35.1 Å². The van der Waals surface area contributed by atoms with Crippen molar-refractivity contribution >= 4 is 23.8 Å². The van der Waals surface area contributed by atoms with E-state index in [0.29, 0.717) is 19.3 Å². The summed E-state index contributed by atoms with van der Waals surface area (Å²) >= 11 is 0. The molecule has 0 unspecified atom stereocenters. The molecule has 0 amide bonds. The van der Waals surface area contributed by atoms with Gasteiger partial charge in [0, 0.05) is 29.1 Å². The van der Waals surface area contributed by atoms with Gasteiger partial charge in [0.1, 0.15) is 5.67 Å². The van der Waals surface area contributed by atoms with Crippen molar-refractivity contribution in [2.75, 3.05) is 0 Å². The number of ketones is 2. The molecule has 4 rings (SSSR count). The third-order valence-corrected chi connectivity index (χ3v) is 8.69. The molecule has 31 heavy (non-hydrogen) atoms. The van der Waals surface area contributed by atoms with Gasteiger partial charge in [-0.3, -0.25) is 19.2 Å². The number of Topliss-reactive ketones (excluding diaryl/α,β-unsaturated/α-hetero) is 1. The van der Waals surface area contributed by atoms with Gasteiger partial charge in [0.05, 0.1) is 0 Å². The van der Waals surface area contributed by atoms with Crippen molar-refractivity contribution in [3.63, 3.8) is 0 Å². The van der Waals surface area contributed by atoms with Crippen LogP contribution < -0.4 is 0 Å². The largest absolute Gasteiger partial charge is 0.449 e. The first kappa shape index (κ1) is 21.8. The highest BCUT2D eigenvalue weighted by atomic mass is 19.1. The molecule has 0 aliphatic heterocycles. The minimum atomic E-state index is -1.74. The molecule has 166 valence electrons. The topological polar surface area (TPSA) is 77.5 Å². The second kappa shape index (κ2) is 6.81. The Morgan fingerprint density at radius 3 is 2.58 bits per heavy atom. The normalized spacial score (nSPS) is 45.3. The van der Waals surface area contributed by atoms with Gasteiger partial charge in [-0.2, -0.15) is 0 Å². The minimum absolute atomic E-state index is 0.0760. The van der Waals surface area contributed by atoms with E-state index in [-0.39, 0.29) is 24.4 Å². The number of carbonyl (C=O) groups is 4. The van der Waals surface area contributed by atoms with Crippen LogP contribution >= 0.6 is 0 Å². The molecule has 6 heteroatoms. The molecular formula is C25H29FO5. The molecule has 5 nitrogen and oxygen atoms in total. The number of rotatable bonds is 4. The number of hydrogen-bond acceptors (Lipinski definition) is 5. The summed E-state index contributed by atoms with van der Waals surface area (Å²) in [5.74, 6) is -2.62. The van der Waals surface area contributed by atoms with Crippen LogP contribution in [0, 0.1) is 28.6 Å². The van der Waals surface area contributed by atoms with Gasteiger partial charge in [-0.25, -0.2) is 4.39 Å². The van der Waals surface area contributed by atoms with Gasteiger partial charge in [0.2, 0.25) is 5.78 Å². The van der Waals surface area contributed by atoms with E-state index in [1.165, 1.54) is 12.2 Å². The number of allylic oxidation sites excluding steroid dienone is 5. The van der Waals surface area contributed by atoms with Crippen LogP contribution in [0.15, 0.2) is 36.0 Å². The summed E-state index contributed by atoms with van der Waals surface area (Å²) in [6.45, 7) is 7.07. The van der Waals surface area contributed by atoms with Gasteiger partial charge in [-0.1, -0.05) is 38.5 Å². The quantitative estimate of drug-likeness (QED) is 0.294. The Bertz CT molecular complexity index is 963. The second-order valence-corrected chi connectivity index (χ2v) is 9.93. The van der Waals surface area contributed by atoms with Gasteiger partial charge in [-0.15, -0.1) is 0 Å². The molecule has 7 atom stereocenters. The molecule has 0 spiro atoms. The van der Waals surface area contributed by atoms with Crippen LogP contribution in [0.25, 0.3) is 0 Å². The third kappa shape index (κ3) is 2.53. The maximum Gasteiger partial charge on any atom is 0.306 e. The standard InChI is InChI=1S/C25H29FO5/c1-5-21(30)31-25(20(29)14-27)15(2)12-19-18-7-6-16-13-17(28)8-9-22(16,3)24(18,26)11-10-23(19,25)4/h8-11,13-15,18-19H,5-7,12H2,1-4H3/t15-,18+,19+,22+,23+,24-,25-/m1/s1. The van der Waals surface area contributed by atoms with Crippen molar-refractivity contribution in [1.29, 1.82) is 0 Å². The lowest BCUT2D eigenvalue weighted by atomic mass is 9.48. The first-order valence-electron chi connectivity index (χ1n) is 11.0. The van der Waals surface area contributed by atoms with Crippen molar-refractivity contribution < 1.29 is 28.3 Å². The Balaban J connectivity index is 1.88. The Morgan fingerprint density at radius 2 is 1.94 bits per heavy atom. The predicted octanol–water partition coefficient (Wildman–Crippen LogP) is 3.87. The van der Waals surface area contributed by atoms with E-state index in [9.17, 15) is 19.2 Å². The van der Waals surface area contributed by atoms with Gasteiger partial charge >= 0.3 is 5.97 Å². The van der Waals surface area contributed by atoms with Crippen LogP contribution in [0.4, 0.5) is 4.39 Å². The van der Waals surface area contributed by atoms with E-state index >= 15 is 4.39 Å². The second-order valence-electron chi connectivity index (χ2n) is 9.93. The number of carbonyl (C=O) groups excluding carboxylic acids is 4. The molecule has 4 aliphatic carbocycles. The Labute approximate surface area is 181 Å². The van der Waals surface area contributed by atoms with Crippen LogP contribution in [0.1, 0.15) is 53.4 Å². The average Bonchev–Trinajstić information content (AvgIpc) is 2.96. The van der Waals surface area contributed by atoms with Crippen LogP contribution in [0.3, 0.4) is 0 Å². The number of aldehydes is 1. The number of ether oxygens (including phenoxy) is 1. The average molecular weight is 429 g/mol. The summed E-state index contributed by atoms with van der Waals surface area (Å²) in [6, 6.07) is 0. The third-order valence-electron chi connectivity index (χ3n) is 8.69. The van der Waals surface area contributed by atoms with E-state index in [2.05, 4.69) is 0 Å². The molecule has 2 fully saturated rings. The number of alkyl halides is 1. The summed E-state index contributed by atoms with van der Waals surface area (Å²) in [5, 5.41) is 0. The van der Waals surface area contributed by atoms with Crippen LogP contribution in [0.5, 0.6) is 0 Å². The van der Waals surface area contributed by atoms with E-state index in [0.717, 1.165) is 5.57 Å². The van der Waals surface area contributed by atoms with E-state index in [1.807, 2.05) is 13.8 Å². The van der Waals surface area contributed by atoms with Gasteiger partial charge in [0.25, 0.3) is 0 Å².